The van der Waals surface area contributed by atoms with E-state index in [9.17, 15) is 0 Å². The molecule has 0 aliphatic heterocycles. The van der Waals surface area contributed by atoms with Crippen LogP contribution in [0, 0.1) is 13.8 Å². The van der Waals surface area contributed by atoms with Crippen LogP contribution in [0.4, 0.5) is 0 Å². The predicted molar refractivity (Wildman–Crippen MR) is 82.0 cm³/mol. The molecule has 0 spiro atoms. The molecule has 1 aromatic heterocycles. The minimum Gasteiger partial charge on any atom is -0.481 e. The third-order valence-electron chi connectivity index (χ3n) is 3.39. The van der Waals surface area contributed by atoms with Gasteiger partial charge in [0.25, 0.3) is 0 Å². The first-order valence-corrected chi connectivity index (χ1v) is 6.89. The van der Waals surface area contributed by atoms with E-state index in [4.69, 9.17) is 4.74 Å². The quantitative estimate of drug-likeness (QED) is 0.902. The summed E-state index contributed by atoms with van der Waals surface area (Å²) < 4.78 is 5.27. The first-order valence-electron chi connectivity index (χ1n) is 6.89. The molecule has 0 aliphatic rings. The highest BCUT2D eigenvalue weighted by Gasteiger charge is 2.08. The molecule has 0 saturated carbocycles. The van der Waals surface area contributed by atoms with Gasteiger partial charge in [0.15, 0.2) is 0 Å². The Morgan fingerprint density at radius 2 is 1.90 bits per heavy atom. The first kappa shape index (κ1) is 14.5. The summed E-state index contributed by atoms with van der Waals surface area (Å²) in [5.41, 5.74) is 4.98. The molecule has 1 aromatic carbocycles. The number of nitrogens with zero attached hydrogens (tertiary/aromatic N) is 1. The molecule has 3 heteroatoms. The van der Waals surface area contributed by atoms with Crippen molar-refractivity contribution in [3.8, 4) is 5.88 Å². The molecule has 0 radical (unpaired) electrons. The van der Waals surface area contributed by atoms with Crippen LogP contribution in [0.1, 0.15) is 35.2 Å². The van der Waals surface area contributed by atoms with Crippen molar-refractivity contribution in [1.29, 1.82) is 0 Å². The molecule has 0 fully saturated rings. The molecule has 1 N–H and O–H groups in total. The average Bonchev–Trinajstić information content (AvgIpc) is 2.44. The van der Waals surface area contributed by atoms with E-state index in [1.807, 2.05) is 12.1 Å². The van der Waals surface area contributed by atoms with Gasteiger partial charge in [-0.2, -0.15) is 0 Å². The zero-order chi connectivity index (χ0) is 14.5. The van der Waals surface area contributed by atoms with Gasteiger partial charge in [0.1, 0.15) is 0 Å². The topological polar surface area (TPSA) is 34.1 Å². The van der Waals surface area contributed by atoms with E-state index in [0.717, 1.165) is 12.1 Å². The van der Waals surface area contributed by atoms with Crippen LogP contribution in [0.2, 0.25) is 0 Å². The predicted octanol–water partition coefficient (Wildman–Crippen LogP) is 3.56. The van der Waals surface area contributed by atoms with Crippen molar-refractivity contribution >= 4 is 0 Å². The highest BCUT2D eigenvalue weighted by molar-refractivity contribution is 5.31. The van der Waals surface area contributed by atoms with Crippen molar-refractivity contribution in [2.75, 3.05) is 7.11 Å². The number of aromatic nitrogens is 1. The lowest BCUT2D eigenvalue weighted by molar-refractivity contribution is 0.389. The van der Waals surface area contributed by atoms with E-state index in [1.54, 1.807) is 13.3 Å². The van der Waals surface area contributed by atoms with Crippen molar-refractivity contribution in [3.63, 3.8) is 0 Å². The highest BCUT2D eigenvalue weighted by Crippen LogP contribution is 2.19. The number of hydrogen-bond donors (Lipinski definition) is 1. The van der Waals surface area contributed by atoms with Crippen molar-refractivity contribution < 1.29 is 4.74 Å². The minimum absolute atomic E-state index is 0.290. The molecular weight excluding hydrogens is 248 g/mol. The van der Waals surface area contributed by atoms with Crippen LogP contribution in [0.5, 0.6) is 5.88 Å². The van der Waals surface area contributed by atoms with Crippen LogP contribution >= 0.6 is 0 Å². The Bertz CT molecular complexity index is 561. The van der Waals surface area contributed by atoms with E-state index in [2.05, 4.69) is 49.3 Å². The lowest BCUT2D eigenvalue weighted by Crippen LogP contribution is -2.19. The van der Waals surface area contributed by atoms with Gasteiger partial charge in [-0.25, -0.2) is 4.98 Å². The molecule has 1 unspecified atom stereocenters. The summed E-state index contributed by atoms with van der Waals surface area (Å²) in [5, 5.41) is 3.52. The fourth-order valence-corrected chi connectivity index (χ4v) is 2.38. The molecule has 2 rings (SSSR count). The van der Waals surface area contributed by atoms with Gasteiger partial charge in [-0.3, -0.25) is 0 Å². The molecule has 1 heterocycles. The maximum Gasteiger partial charge on any atom is 0.217 e. The van der Waals surface area contributed by atoms with Crippen LogP contribution in [0.25, 0.3) is 0 Å². The molecule has 0 aliphatic carbocycles. The van der Waals surface area contributed by atoms with Gasteiger partial charge in [-0.1, -0.05) is 35.4 Å². The van der Waals surface area contributed by atoms with Crippen molar-refractivity contribution in [2.24, 2.45) is 0 Å². The normalized spacial score (nSPS) is 12.2. The van der Waals surface area contributed by atoms with Crippen molar-refractivity contribution in [3.05, 3.63) is 58.8 Å². The minimum atomic E-state index is 0.290. The Hall–Kier alpha value is -1.87. The summed E-state index contributed by atoms with van der Waals surface area (Å²) in [4.78, 5) is 4.21. The number of aryl methyl sites for hydroxylation is 2. The van der Waals surface area contributed by atoms with Gasteiger partial charge >= 0.3 is 0 Å². The first-order chi connectivity index (χ1) is 9.60. The SMILES string of the molecule is COc1ncccc1CNC(C)c1cc(C)cc(C)c1. The summed E-state index contributed by atoms with van der Waals surface area (Å²) in [6, 6.07) is 10.9. The fraction of sp³-hybridized carbons (Fsp3) is 0.353. The van der Waals surface area contributed by atoms with Gasteiger partial charge in [0, 0.05) is 24.3 Å². The summed E-state index contributed by atoms with van der Waals surface area (Å²) in [6.07, 6.45) is 1.75. The van der Waals surface area contributed by atoms with E-state index < -0.39 is 0 Å². The Labute approximate surface area is 121 Å². The van der Waals surface area contributed by atoms with E-state index in [1.165, 1.54) is 16.7 Å². The number of rotatable bonds is 5. The maximum atomic E-state index is 5.27. The van der Waals surface area contributed by atoms with E-state index in [-0.39, 0.29) is 0 Å². The second kappa shape index (κ2) is 6.53. The number of methoxy groups -OCH3 is 1. The zero-order valence-corrected chi connectivity index (χ0v) is 12.6. The molecule has 1 atom stereocenters. The average molecular weight is 270 g/mol. The lowest BCUT2D eigenvalue weighted by atomic mass is 10.0. The maximum absolute atomic E-state index is 5.27. The standard InChI is InChI=1S/C17H22N2O/c1-12-8-13(2)10-16(9-12)14(3)19-11-15-6-5-7-18-17(15)20-4/h5-10,14,19H,11H2,1-4H3. The van der Waals surface area contributed by atoms with Gasteiger partial charge in [0.05, 0.1) is 7.11 Å². The third-order valence-corrected chi connectivity index (χ3v) is 3.39. The largest absolute Gasteiger partial charge is 0.481 e. The van der Waals surface area contributed by atoms with Crippen molar-refractivity contribution in [1.82, 2.24) is 10.3 Å². The van der Waals surface area contributed by atoms with Crippen LogP contribution in [-0.4, -0.2) is 12.1 Å². The lowest BCUT2D eigenvalue weighted by Gasteiger charge is -2.16. The summed E-state index contributed by atoms with van der Waals surface area (Å²) in [5.74, 6) is 0.688. The second-order valence-electron chi connectivity index (χ2n) is 5.20. The highest BCUT2D eigenvalue weighted by atomic mass is 16.5. The van der Waals surface area contributed by atoms with Gasteiger partial charge in [0.2, 0.25) is 5.88 Å². The molecule has 106 valence electrons. The Kier molecular flexibility index (Phi) is 4.74. The van der Waals surface area contributed by atoms with Gasteiger partial charge < -0.3 is 10.1 Å². The molecule has 2 aromatic rings. The molecule has 0 bridgehead atoms. The Morgan fingerprint density at radius 3 is 2.55 bits per heavy atom. The third kappa shape index (κ3) is 3.58. The fourth-order valence-electron chi connectivity index (χ4n) is 2.38. The zero-order valence-electron chi connectivity index (χ0n) is 12.6. The van der Waals surface area contributed by atoms with Crippen LogP contribution in [-0.2, 0) is 6.54 Å². The molecular formula is C17H22N2O. The Morgan fingerprint density at radius 1 is 1.20 bits per heavy atom. The summed E-state index contributed by atoms with van der Waals surface area (Å²) in [7, 11) is 1.65. The van der Waals surface area contributed by atoms with Crippen LogP contribution in [0.3, 0.4) is 0 Å². The monoisotopic (exact) mass is 270 g/mol. The van der Waals surface area contributed by atoms with Gasteiger partial charge in [-0.05, 0) is 32.4 Å². The van der Waals surface area contributed by atoms with Gasteiger partial charge in [-0.15, -0.1) is 0 Å². The van der Waals surface area contributed by atoms with Crippen molar-refractivity contribution in [2.45, 2.75) is 33.4 Å². The van der Waals surface area contributed by atoms with Crippen LogP contribution < -0.4 is 10.1 Å². The second-order valence-corrected chi connectivity index (χ2v) is 5.20. The molecule has 0 amide bonds. The number of nitrogens with one attached hydrogen (secondary N) is 1. The molecule has 20 heavy (non-hydrogen) atoms. The smallest absolute Gasteiger partial charge is 0.217 e. The number of benzene rings is 1. The van der Waals surface area contributed by atoms with E-state index in [0.29, 0.717) is 11.9 Å². The molecule has 3 nitrogen and oxygen atoms in total. The number of hydrogen-bond acceptors (Lipinski definition) is 3. The number of pyridine rings is 1. The van der Waals surface area contributed by atoms with Crippen LogP contribution in [0.15, 0.2) is 36.5 Å². The number of ether oxygens (including phenoxy) is 1. The van der Waals surface area contributed by atoms with E-state index >= 15 is 0 Å². The summed E-state index contributed by atoms with van der Waals surface area (Å²) >= 11 is 0. The molecule has 0 saturated heterocycles. The summed E-state index contributed by atoms with van der Waals surface area (Å²) in [6.45, 7) is 7.18. The Balaban J connectivity index is 2.06.